The summed E-state index contributed by atoms with van der Waals surface area (Å²) in [4.78, 5) is 6.79. The second-order valence-corrected chi connectivity index (χ2v) is 6.73. The van der Waals surface area contributed by atoms with Crippen molar-refractivity contribution in [2.45, 2.75) is 25.9 Å². The molecule has 1 aliphatic heterocycles. The van der Waals surface area contributed by atoms with Gasteiger partial charge in [-0.05, 0) is 24.1 Å². The second-order valence-electron chi connectivity index (χ2n) is 6.73. The highest BCUT2D eigenvalue weighted by molar-refractivity contribution is 5.71. The SMILES string of the molecule is CCc1cccc(-c2cnn(C3CN(Cc4ccccn4)C3)c2)c1OC. The molecule has 0 aliphatic carbocycles. The molecule has 1 aromatic carbocycles. The Hall–Kier alpha value is -2.66. The van der Waals surface area contributed by atoms with Crippen LogP contribution in [0.2, 0.25) is 0 Å². The number of hydrogen-bond donors (Lipinski definition) is 0. The Morgan fingerprint density at radius 3 is 2.77 bits per heavy atom. The van der Waals surface area contributed by atoms with E-state index in [1.54, 1.807) is 7.11 Å². The summed E-state index contributed by atoms with van der Waals surface area (Å²) < 4.78 is 7.75. The fourth-order valence-corrected chi connectivity index (χ4v) is 3.57. The molecule has 0 radical (unpaired) electrons. The largest absolute Gasteiger partial charge is 0.496 e. The van der Waals surface area contributed by atoms with Gasteiger partial charge in [0.25, 0.3) is 0 Å². The average molecular weight is 348 g/mol. The minimum atomic E-state index is 0.424. The quantitative estimate of drug-likeness (QED) is 0.683. The van der Waals surface area contributed by atoms with Crippen LogP contribution in [0.25, 0.3) is 11.1 Å². The lowest BCUT2D eigenvalue weighted by Crippen LogP contribution is -2.47. The van der Waals surface area contributed by atoms with Crippen LogP contribution in [-0.2, 0) is 13.0 Å². The summed E-state index contributed by atoms with van der Waals surface area (Å²) in [5, 5.41) is 4.61. The Morgan fingerprint density at radius 1 is 1.15 bits per heavy atom. The number of aryl methyl sites for hydroxylation is 1. The first kappa shape index (κ1) is 16.8. The van der Waals surface area contributed by atoms with E-state index in [2.05, 4.69) is 57.1 Å². The molecule has 0 bridgehead atoms. The molecule has 4 rings (SSSR count). The predicted octanol–water partition coefficient (Wildman–Crippen LogP) is 3.57. The molecule has 2 aromatic heterocycles. The van der Waals surface area contributed by atoms with E-state index in [0.29, 0.717) is 6.04 Å². The molecule has 0 amide bonds. The third-order valence-electron chi connectivity index (χ3n) is 5.02. The average Bonchev–Trinajstić information content (AvgIpc) is 3.13. The van der Waals surface area contributed by atoms with E-state index in [4.69, 9.17) is 4.74 Å². The molecular weight excluding hydrogens is 324 g/mol. The molecule has 0 saturated carbocycles. The molecule has 3 aromatic rings. The molecule has 0 N–H and O–H groups in total. The Bertz CT molecular complexity index is 869. The summed E-state index contributed by atoms with van der Waals surface area (Å²) in [6.45, 7) is 5.06. The van der Waals surface area contributed by atoms with Crippen molar-refractivity contribution in [3.63, 3.8) is 0 Å². The highest BCUT2D eigenvalue weighted by atomic mass is 16.5. The molecule has 26 heavy (non-hydrogen) atoms. The molecule has 0 unspecified atom stereocenters. The van der Waals surface area contributed by atoms with Crippen LogP contribution in [0.15, 0.2) is 55.0 Å². The van der Waals surface area contributed by atoms with Gasteiger partial charge < -0.3 is 4.74 Å². The molecule has 1 aliphatic rings. The van der Waals surface area contributed by atoms with Crippen molar-refractivity contribution in [1.82, 2.24) is 19.7 Å². The van der Waals surface area contributed by atoms with Crippen LogP contribution in [0.4, 0.5) is 0 Å². The molecule has 0 atom stereocenters. The van der Waals surface area contributed by atoms with E-state index in [1.165, 1.54) is 5.56 Å². The lowest BCUT2D eigenvalue weighted by Gasteiger charge is -2.38. The maximum atomic E-state index is 5.66. The summed E-state index contributed by atoms with van der Waals surface area (Å²) in [6.07, 6.45) is 6.89. The highest BCUT2D eigenvalue weighted by Gasteiger charge is 2.29. The number of likely N-dealkylation sites (tertiary alicyclic amines) is 1. The van der Waals surface area contributed by atoms with Crippen molar-refractivity contribution in [2.24, 2.45) is 0 Å². The van der Waals surface area contributed by atoms with E-state index >= 15 is 0 Å². The Balaban J connectivity index is 1.45. The first-order valence-corrected chi connectivity index (χ1v) is 9.11. The van der Waals surface area contributed by atoms with E-state index < -0.39 is 0 Å². The highest BCUT2D eigenvalue weighted by Crippen LogP contribution is 2.34. The summed E-state index contributed by atoms with van der Waals surface area (Å²) in [7, 11) is 1.74. The molecule has 5 nitrogen and oxygen atoms in total. The number of aromatic nitrogens is 3. The van der Waals surface area contributed by atoms with Crippen LogP contribution >= 0.6 is 0 Å². The third-order valence-corrected chi connectivity index (χ3v) is 5.02. The van der Waals surface area contributed by atoms with Gasteiger partial charge in [-0.2, -0.15) is 5.10 Å². The van der Waals surface area contributed by atoms with Crippen LogP contribution in [0.5, 0.6) is 5.75 Å². The zero-order valence-electron chi connectivity index (χ0n) is 15.3. The molecule has 1 fully saturated rings. The second kappa shape index (κ2) is 7.30. The first-order chi connectivity index (χ1) is 12.8. The number of pyridine rings is 1. The Labute approximate surface area is 154 Å². The van der Waals surface area contributed by atoms with E-state index in [1.807, 2.05) is 24.5 Å². The smallest absolute Gasteiger partial charge is 0.129 e. The van der Waals surface area contributed by atoms with Crippen LogP contribution in [-0.4, -0.2) is 39.9 Å². The molecular formula is C21H24N4O. The minimum absolute atomic E-state index is 0.424. The van der Waals surface area contributed by atoms with Gasteiger partial charge in [-0.3, -0.25) is 14.6 Å². The Kier molecular flexibility index (Phi) is 4.71. The van der Waals surface area contributed by atoms with Gasteiger partial charge >= 0.3 is 0 Å². The summed E-state index contributed by atoms with van der Waals surface area (Å²) >= 11 is 0. The van der Waals surface area contributed by atoms with Gasteiger partial charge in [-0.25, -0.2) is 0 Å². The summed E-state index contributed by atoms with van der Waals surface area (Å²) in [5.74, 6) is 0.958. The summed E-state index contributed by atoms with van der Waals surface area (Å²) in [5.41, 5.74) is 4.57. The van der Waals surface area contributed by atoms with Crippen LogP contribution in [0.3, 0.4) is 0 Å². The van der Waals surface area contributed by atoms with Crippen molar-refractivity contribution < 1.29 is 4.74 Å². The predicted molar refractivity (Wildman–Crippen MR) is 102 cm³/mol. The summed E-state index contributed by atoms with van der Waals surface area (Å²) in [6, 6.07) is 12.8. The van der Waals surface area contributed by atoms with Crippen molar-refractivity contribution in [1.29, 1.82) is 0 Å². The number of nitrogens with zero attached hydrogens (tertiary/aromatic N) is 4. The number of rotatable bonds is 6. The Morgan fingerprint density at radius 2 is 2.04 bits per heavy atom. The molecule has 0 spiro atoms. The van der Waals surface area contributed by atoms with Gasteiger partial charge in [0.05, 0.1) is 25.0 Å². The first-order valence-electron chi connectivity index (χ1n) is 9.11. The number of benzene rings is 1. The van der Waals surface area contributed by atoms with Crippen LogP contribution < -0.4 is 4.74 Å². The number of ether oxygens (including phenoxy) is 1. The van der Waals surface area contributed by atoms with E-state index in [9.17, 15) is 0 Å². The number of methoxy groups -OCH3 is 1. The van der Waals surface area contributed by atoms with Crippen molar-refractivity contribution in [2.75, 3.05) is 20.2 Å². The van der Waals surface area contributed by atoms with Crippen molar-refractivity contribution in [3.05, 3.63) is 66.2 Å². The van der Waals surface area contributed by atoms with E-state index in [-0.39, 0.29) is 0 Å². The normalized spacial score (nSPS) is 15.0. The van der Waals surface area contributed by atoms with Gasteiger partial charge in [0.2, 0.25) is 0 Å². The van der Waals surface area contributed by atoms with Gasteiger partial charge in [0.15, 0.2) is 0 Å². The van der Waals surface area contributed by atoms with Crippen LogP contribution in [0.1, 0.15) is 24.2 Å². The maximum absolute atomic E-state index is 5.66. The molecule has 1 saturated heterocycles. The number of hydrogen-bond acceptors (Lipinski definition) is 4. The van der Waals surface area contributed by atoms with Crippen LogP contribution in [0, 0.1) is 0 Å². The van der Waals surface area contributed by atoms with Gasteiger partial charge in [0, 0.05) is 43.2 Å². The monoisotopic (exact) mass is 348 g/mol. The minimum Gasteiger partial charge on any atom is -0.496 e. The molecule has 5 heteroatoms. The fourth-order valence-electron chi connectivity index (χ4n) is 3.57. The lowest BCUT2D eigenvalue weighted by molar-refractivity contribution is 0.0896. The van der Waals surface area contributed by atoms with Crippen molar-refractivity contribution >= 4 is 0 Å². The van der Waals surface area contributed by atoms with Gasteiger partial charge in [-0.15, -0.1) is 0 Å². The molecule has 3 heterocycles. The van der Waals surface area contributed by atoms with Gasteiger partial charge in [0.1, 0.15) is 5.75 Å². The van der Waals surface area contributed by atoms with Crippen molar-refractivity contribution in [3.8, 4) is 16.9 Å². The zero-order valence-corrected chi connectivity index (χ0v) is 15.3. The lowest BCUT2D eigenvalue weighted by atomic mass is 10.0. The fraction of sp³-hybridized carbons (Fsp3) is 0.333. The van der Waals surface area contributed by atoms with Gasteiger partial charge in [-0.1, -0.05) is 31.2 Å². The molecule has 134 valence electrons. The van der Waals surface area contributed by atoms with E-state index in [0.717, 1.165) is 48.6 Å². The zero-order chi connectivity index (χ0) is 17.9. The number of para-hydroxylation sites is 1. The topological polar surface area (TPSA) is 43.2 Å². The third kappa shape index (κ3) is 3.22. The standard InChI is InChI=1S/C21H24N4O/c1-3-16-7-6-9-20(21(16)26-2)17-11-23-25(12-17)19-14-24(15-19)13-18-8-4-5-10-22-18/h4-12,19H,3,13-15H2,1-2H3. The maximum Gasteiger partial charge on any atom is 0.129 e.